The van der Waals surface area contributed by atoms with Crippen molar-refractivity contribution in [3.8, 4) is 0 Å². The highest BCUT2D eigenvalue weighted by Crippen LogP contribution is 2.13. The van der Waals surface area contributed by atoms with E-state index in [2.05, 4.69) is 0 Å². The summed E-state index contributed by atoms with van der Waals surface area (Å²) in [5.41, 5.74) is 1.04. The van der Waals surface area contributed by atoms with Crippen LogP contribution in [0.3, 0.4) is 0 Å². The Hall–Kier alpha value is -2.50. The van der Waals surface area contributed by atoms with Crippen molar-refractivity contribution in [3.05, 3.63) is 35.4 Å². The summed E-state index contributed by atoms with van der Waals surface area (Å²) in [6.07, 6.45) is 5.49. The summed E-state index contributed by atoms with van der Waals surface area (Å²) in [6.45, 7) is 4.91. The molecule has 0 aliphatic carbocycles. The smallest absolute Gasteiger partial charge is 0.305 e. The van der Waals surface area contributed by atoms with Crippen LogP contribution < -0.4 is 0 Å². The van der Waals surface area contributed by atoms with E-state index in [1.807, 2.05) is 13.8 Å². The van der Waals surface area contributed by atoms with Crippen LogP contribution in [-0.4, -0.2) is 36.7 Å². The third kappa shape index (κ3) is 10.9. The normalized spacial score (nSPS) is 10.5. The van der Waals surface area contributed by atoms with Crippen LogP contribution in [0.15, 0.2) is 24.3 Å². The summed E-state index contributed by atoms with van der Waals surface area (Å²) in [5.74, 6) is -0.673. The lowest BCUT2D eigenvalue weighted by molar-refractivity contribution is -0.144. The van der Waals surface area contributed by atoms with Gasteiger partial charge in [0.25, 0.3) is 0 Å². The van der Waals surface area contributed by atoms with Gasteiger partial charge in [0.05, 0.1) is 13.2 Å². The maximum absolute atomic E-state index is 12.2. The highest BCUT2D eigenvalue weighted by Gasteiger charge is 2.12. The van der Waals surface area contributed by atoms with Crippen molar-refractivity contribution in [2.75, 3.05) is 13.2 Å². The average molecular weight is 419 g/mol. The van der Waals surface area contributed by atoms with Gasteiger partial charge in [0.2, 0.25) is 0 Å². The minimum atomic E-state index is -0.272. The second-order valence-corrected chi connectivity index (χ2v) is 7.28. The van der Waals surface area contributed by atoms with Crippen molar-refractivity contribution in [1.29, 1.82) is 0 Å². The summed E-state index contributed by atoms with van der Waals surface area (Å²) >= 11 is 0. The van der Waals surface area contributed by atoms with E-state index < -0.39 is 0 Å². The van der Waals surface area contributed by atoms with Crippen LogP contribution in [0.2, 0.25) is 0 Å². The molecule has 0 aromatic heterocycles. The molecule has 0 heterocycles. The van der Waals surface area contributed by atoms with Gasteiger partial charge in [-0.15, -0.1) is 0 Å². The first-order valence-electron chi connectivity index (χ1n) is 11.0. The number of hydrogen-bond donors (Lipinski definition) is 0. The van der Waals surface area contributed by atoms with Crippen LogP contribution in [0.1, 0.15) is 98.8 Å². The van der Waals surface area contributed by atoms with Gasteiger partial charge in [-0.05, 0) is 25.7 Å². The van der Waals surface area contributed by atoms with Crippen LogP contribution in [0.4, 0.5) is 0 Å². The molecule has 30 heavy (non-hydrogen) atoms. The van der Waals surface area contributed by atoms with E-state index >= 15 is 0 Å². The zero-order chi connectivity index (χ0) is 22.2. The molecule has 0 atom stereocenters. The van der Waals surface area contributed by atoms with Crippen LogP contribution in [0.5, 0.6) is 0 Å². The first-order chi connectivity index (χ1) is 14.5. The molecule has 1 aromatic rings. The molecule has 0 radical (unpaired) electrons. The number of ketones is 2. The van der Waals surface area contributed by atoms with Gasteiger partial charge in [0.1, 0.15) is 0 Å². The van der Waals surface area contributed by atoms with E-state index in [9.17, 15) is 19.2 Å². The zero-order valence-corrected chi connectivity index (χ0v) is 18.2. The molecule has 0 aliphatic heterocycles. The van der Waals surface area contributed by atoms with Crippen LogP contribution in [0.25, 0.3) is 0 Å². The lowest BCUT2D eigenvalue weighted by atomic mass is 10.0. The predicted molar refractivity (Wildman–Crippen MR) is 115 cm³/mol. The maximum Gasteiger partial charge on any atom is 0.305 e. The van der Waals surface area contributed by atoms with Crippen molar-refractivity contribution in [2.45, 2.75) is 78.1 Å². The molecule has 0 N–H and O–H groups in total. The van der Waals surface area contributed by atoms with Gasteiger partial charge in [-0.3, -0.25) is 19.2 Å². The minimum Gasteiger partial charge on any atom is -0.466 e. The molecule has 6 heteroatoms. The number of carbonyl (C=O) groups excluding carboxylic acids is 4. The third-order valence-corrected chi connectivity index (χ3v) is 4.62. The molecule has 0 amide bonds. The number of ether oxygens (including phenoxy) is 2. The molecule has 0 fully saturated rings. The summed E-state index contributed by atoms with van der Waals surface area (Å²) in [5, 5.41) is 0. The number of rotatable bonds is 16. The van der Waals surface area contributed by atoms with E-state index in [4.69, 9.17) is 9.47 Å². The fraction of sp³-hybridized carbons (Fsp3) is 0.583. The van der Waals surface area contributed by atoms with E-state index in [0.29, 0.717) is 37.2 Å². The highest BCUT2D eigenvalue weighted by atomic mass is 16.5. The number of benzene rings is 1. The van der Waals surface area contributed by atoms with Gasteiger partial charge in [0.15, 0.2) is 11.6 Å². The van der Waals surface area contributed by atoms with Gasteiger partial charge < -0.3 is 9.47 Å². The zero-order valence-electron chi connectivity index (χ0n) is 18.2. The molecular formula is C24H34O6. The Kier molecular flexibility index (Phi) is 13.1. The minimum absolute atomic E-state index is 0.0646. The second-order valence-electron chi connectivity index (χ2n) is 7.28. The topological polar surface area (TPSA) is 86.7 Å². The van der Waals surface area contributed by atoms with E-state index in [1.165, 1.54) is 0 Å². The Morgan fingerprint density at radius 1 is 0.600 bits per heavy atom. The maximum atomic E-state index is 12.2. The van der Waals surface area contributed by atoms with Crippen molar-refractivity contribution in [3.63, 3.8) is 0 Å². The largest absolute Gasteiger partial charge is 0.466 e. The Balaban J connectivity index is 2.32. The molecule has 0 spiro atoms. The van der Waals surface area contributed by atoms with E-state index in [-0.39, 0.29) is 49.2 Å². The fourth-order valence-electron chi connectivity index (χ4n) is 2.72. The Bertz CT molecular complexity index is 618. The van der Waals surface area contributed by atoms with Gasteiger partial charge >= 0.3 is 11.9 Å². The SMILES string of the molecule is CCCCOC(=O)CCCC(=O)c1ccc(C(=O)CCCC(=O)OCCCC)cc1. The van der Waals surface area contributed by atoms with Gasteiger partial charge in [-0.1, -0.05) is 51.0 Å². The monoisotopic (exact) mass is 418 g/mol. The molecule has 6 nitrogen and oxygen atoms in total. The van der Waals surface area contributed by atoms with Crippen molar-refractivity contribution < 1.29 is 28.7 Å². The number of esters is 2. The molecule has 1 rings (SSSR count). The molecule has 166 valence electrons. The molecule has 0 bridgehead atoms. The van der Waals surface area contributed by atoms with Crippen molar-refractivity contribution >= 4 is 23.5 Å². The highest BCUT2D eigenvalue weighted by molar-refractivity contribution is 5.99. The molecule has 0 unspecified atom stereocenters. The van der Waals surface area contributed by atoms with Crippen LogP contribution >= 0.6 is 0 Å². The van der Waals surface area contributed by atoms with Gasteiger partial charge in [0, 0.05) is 36.8 Å². The Labute approximate surface area is 179 Å². The lowest BCUT2D eigenvalue weighted by Crippen LogP contribution is -2.08. The van der Waals surface area contributed by atoms with E-state index in [0.717, 1.165) is 25.7 Å². The second kappa shape index (κ2) is 15.4. The summed E-state index contributed by atoms with van der Waals surface area (Å²) in [4.78, 5) is 47.6. The Morgan fingerprint density at radius 3 is 1.30 bits per heavy atom. The molecule has 1 aromatic carbocycles. The van der Waals surface area contributed by atoms with Crippen LogP contribution in [0, 0.1) is 0 Å². The molecular weight excluding hydrogens is 384 g/mol. The number of Topliss-reactive ketones (excluding diaryl/α,β-unsaturated/α-hetero) is 2. The lowest BCUT2D eigenvalue weighted by Gasteiger charge is -2.05. The van der Waals surface area contributed by atoms with E-state index in [1.54, 1.807) is 24.3 Å². The van der Waals surface area contributed by atoms with Gasteiger partial charge in [-0.25, -0.2) is 0 Å². The summed E-state index contributed by atoms with van der Waals surface area (Å²) in [6, 6.07) is 6.53. The number of unbranched alkanes of at least 4 members (excludes halogenated alkanes) is 2. The molecule has 0 saturated heterocycles. The van der Waals surface area contributed by atoms with Crippen LogP contribution in [-0.2, 0) is 19.1 Å². The average Bonchev–Trinajstić information content (AvgIpc) is 2.74. The number of hydrogen-bond acceptors (Lipinski definition) is 6. The third-order valence-electron chi connectivity index (χ3n) is 4.62. The quantitative estimate of drug-likeness (QED) is 0.211. The predicted octanol–water partition coefficient (Wildman–Crippen LogP) is 5.08. The molecule has 0 saturated carbocycles. The van der Waals surface area contributed by atoms with Crippen molar-refractivity contribution in [1.82, 2.24) is 0 Å². The molecule has 0 aliphatic rings. The standard InChI is InChI=1S/C24H34O6/c1-3-5-17-29-23(27)11-7-9-21(25)19-13-15-20(16-14-19)22(26)10-8-12-24(28)30-18-6-4-2/h13-16H,3-12,17-18H2,1-2H3. The number of carbonyl (C=O) groups is 4. The first kappa shape index (κ1) is 25.5. The van der Waals surface area contributed by atoms with Gasteiger partial charge in [-0.2, -0.15) is 0 Å². The first-order valence-corrected chi connectivity index (χ1v) is 11.0. The fourth-order valence-corrected chi connectivity index (χ4v) is 2.72. The Morgan fingerprint density at radius 2 is 0.967 bits per heavy atom. The summed E-state index contributed by atoms with van der Waals surface area (Å²) in [7, 11) is 0. The summed E-state index contributed by atoms with van der Waals surface area (Å²) < 4.78 is 10.1. The van der Waals surface area contributed by atoms with Crippen molar-refractivity contribution in [2.24, 2.45) is 0 Å².